The molecule has 0 heterocycles. The Labute approximate surface area is 122 Å². The highest BCUT2D eigenvalue weighted by Crippen LogP contribution is 2.33. The minimum atomic E-state index is -0.427. The first kappa shape index (κ1) is 13.7. The average Bonchev–Trinajstić information content (AvgIpc) is 2.38. The summed E-state index contributed by atoms with van der Waals surface area (Å²) in [6, 6.07) is 13.0. The van der Waals surface area contributed by atoms with Crippen molar-refractivity contribution in [2.45, 2.75) is 12.8 Å². The average molecular weight is 291 g/mol. The van der Waals surface area contributed by atoms with Gasteiger partial charge in [-0.05, 0) is 41.8 Å². The predicted molar refractivity (Wildman–Crippen MR) is 79.5 cm³/mol. The van der Waals surface area contributed by atoms with Crippen LogP contribution in [-0.4, -0.2) is 0 Å². The normalized spacial score (nSPS) is 11.9. The number of nitriles is 1. The van der Waals surface area contributed by atoms with Crippen molar-refractivity contribution in [1.29, 1.82) is 5.26 Å². The Kier molecular flexibility index (Phi) is 3.99. The lowest BCUT2D eigenvalue weighted by Gasteiger charge is -2.14. The third-order valence-electron chi connectivity index (χ3n) is 3.03. The molecule has 0 amide bonds. The molecule has 1 atom stereocenters. The van der Waals surface area contributed by atoms with E-state index in [1.807, 2.05) is 25.1 Å². The Morgan fingerprint density at radius 3 is 2.37 bits per heavy atom. The lowest BCUT2D eigenvalue weighted by atomic mass is 9.91. The molecule has 0 aliphatic rings. The molecule has 0 aliphatic heterocycles. The molecule has 19 heavy (non-hydrogen) atoms. The van der Waals surface area contributed by atoms with Crippen LogP contribution in [0.4, 0.5) is 5.69 Å². The van der Waals surface area contributed by atoms with E-state index in [1.165, 1.54) is 0 Å². The van der Waals surface area contributed by atoms with Crippen molar-refractivity contribution < 1.29 is 0 Å². The lowest BCUT2D eigenvalue weighted by Crippen LogP contribution is -2.01. The second-order valence-electron chi connectivity index (χ2n) is 4.34. The number of hydrogen-bond acceptors (Lipinski definition) is 2. The lowest BCUT2D eigenvalue weighted by molar-refractivity contribution is 1.03. The number of rotatable bonds is 2. The highest BCUT2D eigenvalue weighted by molar-refractivity contribution is 6.32. The standard InChI is InChI=1S/C15H12Cl2N2/c1-9-6-12(14(17)7-15(9)19)13(8-18)10-2-4-11(16)5-3-10/h2-7,13H,19H2,1H3/t13-/m1/s1. The maximum Gasteiger partial charge on any atom is 0.0977 e. The molecule has 2 nitrogen and oxygen atoms in total. The van der Waals surface area contributed by atoms with Gasteiger partial charge in [-0.25, -0.2) is 0 Å². The molecule has 0 saturated heterocycles. The summed E-state index contributed by atoms with van der Waals surface area (Å²) in [7, 11) is 0. The van der Waals surface area contributed by atoms with Gasteiger partial charge in [0.15, 0.2) is 0 Å². The van der Waals surface area contributed by atoms with Crippen LogP contribution < -0.4 is 5.73 Å². The van der Waals surface area contributed by atoms with Crippen LogP contribution in [0.1, 0.15) is 22.6 Å². The molecule has 0 bridgehead atoms. The highest BCUT2D eigenvalue weighted by Gasteiger charge is 2.17. The highest BCUT2D eigenvalue weighted by atomic mass is 35.5. The van der Waals surface area contributed by atoms with Gasteiger partial charge in [0.25, 0.3) is 0 Å². The number of anilines is 1. The summed E-state index contributed by atoms with van der Waals surface area (Å²) in [5.41, 5.74) is 8.96. The van der Waals surface area contributed by atoms with Crippen molar-refractivity contribution in [1.82, 2.24) is 0 Å². The topological polar surface area (TPSA) is 49.8 Å². The van der Waals surface area contributed by atoms with Crippen molar-refractivity contribution >= 4 is 28.9 Å². The number of aryl methyl sites for hydroxylation is 1. The molecule has 96 valence electrons. The zero-order valence-electron chi connectivity index (χ0n) is 10.3. The van der Waals surface area contributed by atoms with Gasteiger partial charge in [-0.2, -0.15) is 5.26 Å². The second-order valence-corrected chi connectivity index (χ2v) is 5.19. The van der Waals surface area contributed by atoms with Crippen LogP contribution in [0.5, 0.6) is 0 Å². The number of nitrogen functional groups attached to an aromatic ring is 1. The molecule has 0 radical (unpaired) electrons. The summed E-state index contributed by atoms with van der Waals surface area (Å²) in [4.78, 5) is 0. The number of nitrogens with two attached hydrogens (primary N) is 1. The molecule has 0 aliphatic carbocycles. The molecule has 2 aromatic carbocycles. The van der Waals surface area contributed by atoms with Crippen LogP contribution in [0.25, 0.3) is 0 Å². The van der Waals surface area contributed by atoms with Crippen LogP contribution >= 0.6 is 23.2 Å². The third kappa shape index (κ3) is 2.84. The van der Waals surface area contributed by atoms with Gasteiger partial charge >= 0.3 is 0 Å². The van der Waals surface area contributed by atoms with Gasteiger partial charge in [-0.1, -0.05) is 41.4 Å². The summed E-state index contributed by atoms with van der Waals surface area (Å²) in [5.74, 6) is -0.427. The van der Waals surface area contributed by atoms with E-state index in [4.69, 9.17) is 28.9 Å². The molecule has 2 N–H and O–H groups in total. The van der Waals surface area contributed by atoms with E-state index in [9.17, 15) is 5.26 Å². The summed E-state index contributed by atoms with van der Waals surface area (Å²) in [6.07, 6.45) is 0. The SMILES string of the molecule is Cc1cc([C@H](C#N)c2ccc(Cl)cc2)c(Cl)cc1N. The fraction of sp³-hybridized carbons (Fsp3) is 0.133. The van der Waals surface area contributed by atoms with Crippen LogP contribution in [0.2, 0.25) is 10.0 Å². The first-order valence-electron chi connectivity index (χ1n) is 5.73. The van der Waals surface area contributed by atoms with E-state index in [1.54, 1.807) is 18.2 Å². The predicted octanol–water partition coefficient (Wildman–Crippen LogP) is 4.54. The van der Waals surface area contributed by atoms with E-state index < -0.39 is 5.92 Å². The smallest absolute Gasteiger partial charge is 0.0977 e. The van der Waals surface area contributed by atoms with E-state index in [0.717, 1.165) is 16.7 Å². The first-order chi connectivity index (χ1) is 9.02. The van der Waals surface area contributed by atoms with Crippen LogP contribution in [-0.2, 0) is 0 Å². The molecule has 0 fully saturated rings. The fourth-order valence-electron chi connectivity index (χ4n) is 1.92. The molecular weight excluding hydrogens is 279 g/mol. The van der Waals surface area contributed by atoms with Crippen molar-refractivity contribution in [2.24, 2.45) is 0 Å². The Balaban J connectivity index is 2.52. The quantitative estimate of drug-likeness (QED) is 0.826. The summed E-state index contributed by atoms with van der Waals surface area (Å²) >= 11 is 12.1. The fourth-order valence-corrected chi connectivity index (χ4v) is 2.33. The third-order valence-corrected chi connectivity index (χ3v) is 3.61. The van der Waals surface area contributed by atoms with Gasteiger partial charge in [0, 0.05) is 15.7 Å². The largest absolute Gasteiger partial charge is 0.398 e. The Bertz CT molecular complexity index is 642. The minimum absolute atomic E-state index is 0.427. The number of nitrogens with zero attached hydrogens (tertiary/aromatic N) is 1. The monoisotopic (exact) mass is 290 g/mol. The van der Waals surface area contributed by atoms with E-state index in [2.05, 4.69) is 6.07 Å². The van der Waals surface area contributed by atoms with Crippen molar-refractivity contribution in [3.8, 4) is 6.07 Å². The number of halogens is 2. The Morgan fingerprint density at radius 2 is 1.79 bits per heavy atom. The maximum absolute atomic E-state index is 9.41. The van der Waals surface area contributed by atoms with Gasteiger partial charge in [0.1, 0.15) is 0 Å². The molecule has 0 aromatic heterocycles. The van der Waals surface area contributed by atoms with Gasteiger partial charge < -0.3 is 5.73 Å². The van der Waals surface area contributed by atoms with Crippen LogP contribution in [0.3, 0.4) is 0 Å². The molecular formula is C15H12Cl2N2. The Hall–Kier alpha value is -1.69. The van der Waals surface area contributed by atoms with Gasteiger partial charge in [-0.15, -0.1) is 0 Å². The zero-order valence-corrected chi connectivity index (χ0v) is 11.8. The second kappa shape index (κ2) is 5.52. The van der Waals surface area contributed by atoms with Gasteiger partial charge in [0.2, 0.25) is 0 Å². The molecule has 0 unspecified atom stereocenters. The van der Waals surface area contributed by atoms with E-state index in [-0.39, 0.29) is 0 Å². The molecule has 0 saturated carbocycles. The zero-order chi connectivity index (χ0) is 14.0. The van der Waals surface area contributed by atoms with Crippen molar-refractivity contribution in [3.05, 3.63) is 63.1 Å². The summed E-state index contributed by atoms with van der Waals surface area (Å²) in [5, 5.41) is 10.6. The number of hydrogen-bond donors (Lipinski definition) is 1. The Morgan fingerprint density at radius 1 is 1.16 bits per heavy atom. The van der Waals surface area contributed by atoms with E-state index in [0.29, 0.717) is 15.7 Å². The molecule has 2 aromatic rings. The van der Waals surface area contributed by atoms with E-state index >= 15 is 0 Å². The van der Waals surface area contributed by atoms with Gasteiger partial charge in [0.05, 0.1) is 12.0 Å². The van der Waals surface area contributed by atoms with Crippen molar-refractivity contribution in [3.63, 3.8) is 0 Å². The first-order valence-corrected chi connectivity index (χ1v) is 6.49. The summed E-state index contributed by atoms with van der Waals surface area (Å²) in [6.45, 7) is 1.89. The summed E-state index contributed by atoms with van der Waals surface area (Å²) < 4.78 is 0. The minimum Gasteiger partial charge on any atom is -0.398 e. The van der Waals surface area contributed by atoms with Crippen LogP contribution in [0.15, 0.2) is 36.4 Å². The maximum atomic E-state index is 9.41. The molecule has 2 rings (SSSR count). The van der Waals surface area contributed by atoms with Crippen molar-refractivity contribution in [2.75, 3.05) is 5.73 Å². The number of benzene rings is 2. The van der Waals surface area contributed by atoms with Crippen LogP contribution in [0, 0.1) is 18.3 Å². The molecule has 4 heteroatoms. The molecule has 0 spiro atoms. The van der Waals surface area contributed by atoms with Gasteiger partial charge in [-0.3, -0.25) is 0 Å².